The molecule has 1 aliphatic carbocycles. The summed E-state index contributed by atoms with van der Waals surface area (Å²) in [7, 11) is 0. The summed E-state index contributed by atoms with van der Waals surface area (Å²) in [6.07, 6.45) is -0.640. The number of carbonyl (C=O) groups is 2. The number of hydrogen-bond acceptors (Lipinski definition) is 3. The molecule has 4 rings (SSSR count). The fourth-order valence-corrected chi connectivity index (χ4v) is 3.91. The number of nitrogens with zero attached hydrogens (tertiary/aromatic N) is 4. The minimum atomic E-state index is -4.62. The fourth-order valence-electron chi connectivity index (χ4n) is 3.66. The van der Waals surface area contributed by atoms with E-state index in [0.717, 1.165) is 29.7 Å². The van der Waals surface area contributed by atoms with E-state index >= 15 is 0 Å². The van der Waals surface area contributed by atoms with Crippen LogP contribution in [0.3, 0.4) is 0 Å². The molecule has 1 saturated heterocycles. The number of carbonyl (C=O) groups excluding carboxylic acids is 2. The number of amides is 2. The number of aromatic nitrogens is 2. The molecule has 6 nitrogen and oxygen atoms in total. The molecule has 0 aromatic carbocycles. The van der Waals surface area contributed by atoms with Crippen LogP contribution in [0.4, 0.5) is 13.2 Å². The Morgan fingerprint density at radius 1 is 1.31 bits per heavy atom. The first kappa shape index (κ1) is 20.0. The van der Waals surface area contributed by atoms with Crippen molar-refractivity contribution in [1.82, 2.24) is 19.2 Å². The van der Waals surface area contributed by atoms with Crippen molar-refractivity contribution in [3.63, 3.8) is 0 Å². The van der Waals surface area contributed by atoms with Crippen LogP contribution in [0.15, 0.2) is 12.3 Å². The quantitative estimate of drug-likeness (QED) is 0.748. The van der Waals surface area contributed by atoms with E-state index in [1.807, 2.05) is 6.92 Å². The average molecular weight is 429 g/mol. The summed E-state index contributed by atoms with van der Waals surface area (Å²) in [5, 5.41) is -0.165. The summed E-state index contributed by atoms with van der Waals surface area (Å²) in [6, 6.07) is 1.09. The third kappa shape index (κ3) is 3.68. The second-order valence-corrected chi connectivity index (χ2v) is 7.87. The first-order valence-corrected chi connectivity index (χ1v) is 9.94. The second kappa shape index (κ2) is 7.19. The van der Waals surface area contributed by atoms with Crippen molar-refractivity contribution < 1.29 is 22.8 Å². The molecule has 0 N–H and O–H groups in total. The minimum Gasteiger partial charge on any atom is -0.339 e. The highest BCUT2D eigenvalue weighted by atomic mass is 35.5. The molecule has 0 unspecified atom stereocenters. The zero-order valence-electron chi connectivity index (χ0n) is 15.8. The number of imidazole rings is 1. The van der Waals surface area contributed by atoms with Crippen molar-refractivity contribution in [1.29, 1.82) is 0 Å². The molecule has 2 aliphatic rings. The molecule has 2 aromatic rings. The van der Waals surface area contributed by atoms with Crippen molar-refractivity contribution in [3.8, 4) is 0 Å². The van der Waals surface area contributed by atoms with Crippen LogP contribution in [0, 0.1) is 0 Å². The van der Waals surface area contributed by atoms with Gasteiger partial charge in [-0.15, -0.1) is 0 Å². The topological polar surface area (TPSA) is 57.9 Å². The Balaban J connectivity index is 1.70. The highest BCUT2D eigenvalue weighted by Gasteiger charge is 2.38. The molecule has 2 fully saturated rings. The number of halogens is 4. The van der Waals surface area contributed by atoms with Crippen molar-refractivity contribution in [3.05, 3.63) is 34.2 Å². The van der Waals surface area contributed by atoms with Gasteiger partial charge in [0.1, 0.15) is 11.7 Å². The van der Waals surface area contributed by atoms with Gasteiger partial charge in [0.05, 0.1) is 5.56 Å². The Kier molecular flexibility index (Phi) is 4.96. The normalized spacial score (nSPS) is 18.0. The number of alkyl halides is 3. The molecule has 0 bridgehead atoms. The van der Waals surface area contributed by atoms with Gasteiger partial charge >= 0.3 is 6.18 Å². The minimum absolute atomic E-state index is 0.0717. The van der Waals surface area contributed by atoms with Gasteiger partial charge in [-0.1, -0.05) is 18.5 Å². The summed E-state index contributed by atoms with van der Waals surface area (Å²) >= 11 is 6.30. The molecular formula is C19H20ClF3N4O2. The number of hydrogen-bond donors (Lipinski definition) is 0. The van der Waals surface area contributed by atoms with Gasteiger partial charge in [0, 0.05) is 25.8 Å². The summed E-state index contributed by atoms with van der Waals surface area (Å²) in [4.78, 5) is 32.0. The summed E-state index contributed by atoms with van der Waals surface area (Å²) in [6.45, 7) is 3.09. The standard InChI is InChI=1S/C19H20ClF3N4O2/c1-2-5-25-6-7-26(10-14(25)28)18(29)15-16(20)27-9-12(11-3-4-11)8-13(17(27)24-15)19(21,22)23/h8-9,11H,2-7,10H2,1H3. The lowest BCUT2D eigenvalue weighted by Crippen LogP contribution is -2.52. The van der Waals surface area contributed by atoms with Gasteiger partial charge in [-0.3, -0.25) is 14.0 Å². The molecule has 2 amide bonds. The highest BCUT2D eigenvalue weighted by Crippen LogP contribution is 2.43. The Morgan fingerprint density at radius 3 is 2.62 bits per heavy atom. The van der Waals surface area contributed by atoms with Gasteiger partial charge in [0.15, 0.2) is 11.3 Å². The molecule has 29 heavy (non-hydrogen) atoms. The SMILES string of the molecule is CCCN1CCN(C(=O)c2nc3c(C(F)(F)F)cc(C4CC4)cn3c2Cl)CC1=O. The predicted octanol–water partition coefficient (Wildman–Crippen LogP) is 3.58. The van der Waals surface area contributed by atoms with E-state index < -0.39 is 23.3 Å². The third-order valence-corrected chi connectivity index (χ3v) is 5.70. The van der Waals surface area contributed by atoms with Crippen LogP contribution in [-0.4, -0.2) is 57.2 Å². The summed E-state index contributed by atoms with van der Waals surface area (Å²) in [5.41, 5.74) is -1.04. The monoisotopic (exact) mass is 428 g/mol. The van der Waals surface area contributed by atoms with Crippen LogP contribution < -0.4 is 0 Å². The largest absolute Gasteiger partial charge is 0.419 e. The molecule has 10 heteroatoms. The maximum absolute atomic E-state index is 13.6. The molecule has 0 atom stereocenters. The summed E-state index contributed by atoms with van der Waals surface area (Å²) in [5.74, 6) is -0.759. The Labute approximate surface area is 170 Å². The Hall–Kier alpha value is -2.29. The van der Waals surface area contributed by atoms with Crippen molar-refractivity contribution in [2.75, 3.05) is 26.2 Å². The summed E-state index contributed by atoms with van der Waals surface area (Å²) < 4.78 is 41.9. The molecule has 0 radical (unpaired) electrons. The molecule has 2 aromatic heterocycles. The smallest absolute Gasteiger partial charge is 0.339 e. The Morgan fingerprint density at radius 2 is 2.03 bits per heavy atom. The van der Waals surface area contributed by atoms with Gasteiger partial charge in [-0.05, 0) is 36.8 Å². The van der Waals surface area contributed by atoms with Crippen LogP contribution >= 0.6 is 11.6 Å². The van der Waals surface area contributed by atoms with E-state index in [0.29, 0.717) is 18.7 Å². The van der Waals surface area contributed by atoms with Crippen molar-refractivity contribution in [2.45, 2.75) is 38.3 Å². The van der Waals surface area contributed by atoms with Gasteiger partial charge in [0.2, 0.25) is 5.91 Å². The third-order valence-electron chi connectivity index (χ3n) is 5.34. The maximum Gasteiger partial charge on any atom is 0.419 e. The second-order valence-electron chi connectivity index (χ2n) is 7.51. The number of piperazine rings is 1. The lowest BCUT2D eigenvalue weighted by Gasteiger charge is -2.33. The lowest BCUT2D eigenvalue weighted by atomic mass is 10.1. The number of pyridine rings is 1. The van der Waals surface area contributed by atoms with Gasteiger partial charge < -0.3 is 9.80 Å². The van der Waals surface area contributed by atoms with Gasteiger partial charge in [-0.25, -0.2) is 4.98 Å². The van der Waals surface area contributed by atoms with E-state index in [1.54, 1.807) is 4.90 Å². The van der Waals surface area contributed by atoms with Crippen LogP contribution in [0.2, 0.25) is 5.15 Å². The van der Waals surface area contributed by atoms with E-state index in [9.17, 15) is 22.8 Å². The Bertz CT molecular complexity index is 984. The molecule has 1 saturated carbocycles. The maximum atomic E-state index is 13.6. The highest BCUT2D eigenvalue weighted by molar-refractivity contribution is 6.33. The van der Waals surface area contributed by atoms with Crippen LogP contribution in [0.5, 0.6) is 0 Å². The average Bonchev–Trinajstić information content (AvgIpc) is 3.46. The predicted molar refractivity (Wildman–Crippen MR) is 100.0 cm³/mol. The van der Waals surface area contributed by atoms with E-state index in [4.69, 9.17) is 11.6 Å². The van der Waals surface area contributed by atoms with Gasteiger partial charge in [0.25, 0.3) is 5.91 Å². The van der Waals surface area contributed by atoms with Crippen LogP contribution in [0.1, 0.15) is 53.7 Å². The van der Waals surface area contributed by atoms with Crippen LogP contribution in [-0.2, 0) is 11.0 Å². The first-order chi connectivity index (χ1) is 13.7. The van der Waals surface area contributed by atoms with Gasteiger partial charge in [-0.2, -0.15) is 13.2 Å². The molecule has 0 spiro atoms. The van der Waals surface area contributed by atoms with E-state index in [-0.39, 0.29) is 35.8 Å². The zero-order chi connectivity index (χ0) is 20.9. The number of fused-ring (bicyclic) bond motifs is 1. The fraction of sp³-hybridized carbons (Fsp3) is 0.526. The molecule has 1 aliphatic heterocycles. The van der Waals surface area contributed by atoms with Crippen molar-refractivity contribution in [2.24, 2.45) is 0 Å². The van der Waals surface area contributed by atoms with Crippen molar-refractivity contribution >= 4 is 29.1 Å². The van der Waals surface area contributed by atoms with Crippen LogP contribution in [0.25, 0.3) is 5.65 Å². The molecular weight excluding hydrogens is 409 g/mol. The molecule has 3 heterocycles. The molecule has 156 valence electrons. The lowest BCUT2D eigenvalue weighted by molar-refractivity contribution is -0.137. The zero-order valence-corrected chi connectivity index (χ0v) is 16.6. The van der Waals surface area contributed by atoms with E-state index in [1.165, 1.54) is 11.1 Å². The number of rotatable bonds is 4. The first-order valence-electron chi connectivity index (χ1n) is 9.56. The van der Waals surface area contributed by atoms with E-state index in [2.05, 4.69) is 4.98 Å².